The maximum Gasteiger partial charge on any atom is 0.0984 e. The number of nitrogens with zero attached hydrogens (tertiary/aromatic N) is 1. The number of ether oxygens (including phenoxy) is 2. The van der Waals surface area contributed by atoms with Gasteiger partial charge in [-0.05, 0) is 24.6 Å². The van der Waals surface area contributed by atoms with Crippen molar-refractivity contribution in [1.82, 2.24) is 0 Å². The van der Waals surface area contributed by atoms with Crippen LogP contribution in [-0.2, 0) is 9.47 Å². The molecule has 2 unspecified atom stereocenters. The van der Waals surface area contributed by atoms with Crippen LogP contribution in [0.25, 0.3) is 0 Å². The summed E-state index contributed by atoms with van der Waals surface area (Å²) in [5, 5.41) is 0. The second-order valence-electron chi connectivity index (χ2n) is 4.48. The first-order chi connectivity index (χ1) is 7.81. The molecule has 0 spiro atoms. The minimum Gasteiger partial charge on any atom is -0.371 e. The van der Waals surface area contributed by atoms with Gasteiger partial charge in [-0.3, -0.25) is 0 Å². The van der Waals surface area contributed by atoms with E-state index in [1.165, 1.54) is 5.69 Å². The Morgan fingerprint density at radius 2 is 1.56 bits per heavy atom. The first-order valence-electron chi connectivity index (χ1n) is 5.71. The molecule has 3 rings (SSSR count). The molecule has 0 aliphatic carbocycles. The number of hydrogen-bond donors (Lipinski definition) is 0. The molecule has 0 bridgehead atoms. The van der Waals surface area contributed by atoms with E-state index >= 15 is 0 Å². The molecule has 1 radical (unpaired) electrons. The van der Waals surface area contributed by atoms with Crippen molar-refractivity contribution in [3.05, 3.63) is 36.8 Å². The molecular formula is C13H16NO2. The molecule has 2 aliphatic heterocycles. The fourth-order valence-electron chi connectivity index (χ4n) is 1.83. The van der Waals surface area contributed by atoms with Crippen LogP contribution in [0.1, 0.15) is 5.56 Å². The van der Waals surface area contributed by atoms with E-state index in [0.717, 1.165) is 31.9 Å². The van der Waals surface area contributed by atoms with Crippen LogP contribution in [0, 0.1) is 6.92 Å². The lowest BCUT2D eigenvalue weighted by molar-refractivity contribution is 0.389. The molecule has 0 saturated carbocycles. The van der Waals surface area contributed by atoms with Gasteiger partial charge in [0.05, 0.1) is 25.4 Å². The Kier molecular flexibility index (Phi) is 2.58. The maximum absolute atomic E-state index is 5.29. The normalized spacial score (nSPS) is 26.6. The molecule has 2 fully saturated rings. The van der Waals surface area contributed by atoms with Gasteiger partial charge in [-0.15, -0.1) is 0 Å². The fraction of sp³-hybridized carbons (Fsp3) is 0.462. The molecule has 16 heavy (non-hydrogen) atoms. The summed E-state index contributed by atoms with van der Waals surface area (Å²) in [4.78, 5) is 2.34. The SMILES string of the molecule is [CH2]c1ccc(N(CC2CO2)CC2CO2)cc1. The van der Waals surface area contributed by atoms with Gasteiger partial charge in [0, 0.05) is 18.8 Å². The van der Waals surface area contributed by atoms with Crippen LogP contribution in [-0.4, -0.2) is 38.5 Å². The van der Waals surface area contributed by atoms with E-state index in [9.17, 15) is 0 Å². The Morgan fingerprint density at radius 1 is 1.06 bits per heavy atom. The van der Waals surface area contributed by atoms with Gasteiger partial charge in [0.25, 0.3) is 0 Å². The van der Waals surface area contributed by atoms with Gasteiger partial charge < -0.3 is 14.4 Å². The summed E-state index contributed by atoms with van der Waals surface area (Å²) >= 11 is 0. The summed E-state index contributed by atoms with van der Waals surface area (Å²) in [5.74, 6) is 0. The number of rotatable bonds is 5. The summed E-state index contributed by atoms with van der Waals surface area (Å²) in [6, 6.07) is 8.33. The number of epoxide rings is 2. The van der Waals surface area contributed by atoms with Crippen molar-refractivity contribution in [2.75, 3.05) is 31.2 Å². The monoisotopic (exact) mass is 218 g/mol. The van der Waals surface area contributed by atoms with E-state index in [4.69, 9.17) is 9.47 Å². The zero-order valence-corrected chi connectivity index (χ0v) is 9.26. The minimum atomic E-state index is 0.415. The molecular weight excluding hydrogens is 202 g/mol. The Bertz CT molecular complexity index is 341. The molecule has 1 aromatic carbocycles. The quantitative estimate of drug-likeness (QED) is 0.701. The maximum atomic E-state index is 5.29. The van der Waals surface area contributed by atoms with Crippen LogP contribution in [0.3, 0.4) is 0 Å². The standard InChI is InChI=1S/C13H16NO2/c1-10-2-4-11(5-3-10)14(6-12-8-15-12)7-13-9-16-13/h2-5,12-13H,1,6-9H2. The lowest BCUT2D eigenvalue weighted by Crippen LogP contribution is -2.31. The molecule has 0 aromatic heterocycles. The highest BCUT2D eigenvalue weighted by molar-refractivity contribution is 5.48. The van der Waals surface area contributed by atoms with Crippen LogP contribution in [0.5, 0.6) is 0 Å². The zero-order chi connectivity index (χ0) is 11.0. The van der Waals surface area contributed by atoms with Crippen molar-refractivity contribution in [1.29, 1.82) is 0 Å². The van der Waals surface area contributed by atoms with E-state index < -0.39 is 0 Å². The fourth-order valence-corrected chi connectivity index (χ4v) is 1.83. The highest BCUT2D eigenvalue weighted by Gasteiger charge is 2.30. The molecule has 2 atom stereocenters. The average Bonchev–Trinajstić information content (AvgIpc) is 3.12. The van der Waals surface area contributed by atoms with Gasteiger partial charge in [0.15, 0.2) is 0 Å². The lowest BCUT2D eigenvalue weighted by atomic mass is 10.2. The minimum absolute atomic E-state index is 0.415. The van der Waals surface area contributed by atoms with E-state index in [1.54, 1.807) is 0 Å². The Labute approximate surface area is 96.0 Å². The topological polar surface area (TPSA) is 28.3 Å². The van der Waals surface area contributed by atoms with Crippen LogP contribution in [0.15, 0.2) is 24.3 Å². The zero-order valence-electron chi connectivity index (χ0n) is 9.26. The number of benzene rings is 1. The average molecular weight is 218 g/mol. The first kappa shape index (κ1) is 10.1. The van der Waals surface area contributed by atoms with Crippen LogP contribution in [0.2, 0.25) is 0 Å². The number of anilines is 1. The van der Waals surface area contributed by atoms with Crippen molar-refractivity contribution in [3.8, 4) is 0 Å². The third-order valence-electron chi connectivity index (χ3n) is 2.95. The van der Waals surface area contributed by atoms with Crippen molar-refractivity contribution in [3.63, 3.8) is 0 Å². The van der Waals surface area contributed by atoms with Gasteiger partial charge in [-0.1, -0.05) is 12.1 Å². The van der Waals surface area contributed by atoms with E-state index in [0.29, 0.717) is 12.2 Å². The van der Waals surface area contributed by atoms with Crippen LogP contribution < -0.4 is 4.90 Å². The van der Waals surface area contributed by atoms with E-state index in [1.807, 2.05) is 12.1 Å². The first-order valence-corrected chi connectivity index (χ1v) is 5.71. The summed E-state index contributed by atoms with van der Waals surface area (Å²) in [6.45, 7) is 7.63. The molecule has 2 heterocycles. The predicted octanol–water partition coefficient (Wildman–Crippen LogP) is 1.47. The van der Waals surface area contributed by atoms with Gasteiger partial charge in [-0.2, -0.15) is 0 Å². The van der Waals surface area contributed by atoms with Gasteiger partial charge in [0.2, 0.25) is 0 Å². The second kappa shape index (κ2) is 4.07. The van der Waals surface area contributed by atoms with Crippen molar-refractivity contribution < 1.29 is 9.47 Å². The Balaban J connectivity index is 1.71. The molecule has 3 heteroatoms. The van der Waals surface area contributed by atoms with E-state index in [-0.39, 0.29) is 0 Å². The Hall–Kier alpha value is -1.06. The van der Waals surface area contributed by atoms with Gasteiger partial charge >= 0.3 is 0 Å². The summed E-state index contributed by atoms with van der Waals surface area (Å²) in [5.41, 5.74) is 2.28. The van der Waals surface area contributed by atoms with Gasteiger partial charge in [0.1, 0.15) is 0 Å². The lowest BCUT2D eigenvalue weighted by Gasteiger charge is -2.23. The van der Waals surface area contributed by atoms with E-state index in [2.05, 4.69) is 24.0 Å². The summed E-state index contributed by atoms with van der Waals surface area (Å²) < 4.78 is 10.6. The Morgan fingerprint density at radius 3 is 2.00 bits per heavy atom. The third kappa shape index (κ3) is 2.54. The third-order valence-corrected chi connectivity index (χ3v) is 2.95. The van der Waals surface area contributed by atoms with Crippen molar-refractivity contribution in [2.45, 2.75) is 12.2 Å². The largest absolute Gasteiger partial charge is 0.371 e. The molecule has 85 valence electrons. The van der Waals surface area contributed by atoms with Crippen molar-refractivity contribution >= 4 is 5.69 Å². The highest BCUT2D eigenvalue weighted by atomic mass is 16.6. The molecule has 3 nitrogen and oxygen atoms in total. The highest BCUT2D eigenvalue weighted by Crippen LogP contribution is 2.22. The van der Waals surface area contributed by atoms with Crippen LogP contribution in [0.4, 0.5) is 5.69 Å². The predicted molar refractivity (Wildman–Crippen MR) is 62.6 cm³/mol. The summed E-state index contributed by atoms with van der Waals surface area (Å²) in [6.07, 6.45) is 0.830. The molecule has 0 N–H and O–H groups in total. The number of hydrogen-bond acceptors (Lipinski definition) is 3. The molecule has 2 aliphatic rings. The van der Waals surface area contributed by atoms with Crippen LogP contribution >= 0.6 is 0 Å². The van der Waals surface area contributed by atoms with Crippen molar-refractivity contribution in [2.24, 2.45) is 0 Å². The summed E-state index contributed by atoms with van der Waals surface area (Å²) in [7, 11) is 0. The molecule has 1 aromatic rings. The smallest absolute Gasteiger partial charge is 0.0984 e. The van der Waals surface area contributed by atoms with Gasteiger partial charge in [-0.25, -0.2) is 0 Å². The second-order valence-corrected chi connectivity index (χ2v) is 4.48. The molecule has 2 saturated heterocycles. The molecule has 0 amide bonds.